The molecule has 0 spiro atoms. The van der Waals surface area contributed by atoms with Crippen molar-refractivity contribution in [3.63, 3.8) is 0 Å². The Bertz CT molecular complexity index is 975. The Hall–Kier alpha value is -3.25. The summed E-state index contributed by atoms with van der Waals surface area (Å²) in [6, 6.07) is 24.2. The maximum absolute atomic E-state index is 12.3. The summed E-state index contributed by atoms with van der Waals surface area (Å²) in [4.78, 5) is 26.6. The number of carbonyl (C=O) groups excluding carboxylic acids is 2. The van der Waals surface area contributed by atoms with E-state index in [9.17, 15) is 9.59 Å². The number of rotatable bonds is 8. The average molecular weight is 407 g/mol. The molecule has 5 nitrogen and oxygen atoms in total. The molecule has 3 rings (SSSR count). The minimum absolute atomic E-state index is 0.294. The predicted molar refractivity (Wildman–Crippen MR) is 114 cm³/mol. The van der Waals surface area contributed by atoms with Crippen molar-refractivity contribution >= 4 is 29.3 Å². The molecule has 0 bridgehead atoms. The number of hydrogen-bond donors (Lipinski definition) is 1. The van der Waals surface area contributed by atoms with Gasteiger partial charge in [0, 0.05) is 9.79 Å². The lowest BCUT2D eigenvalue weighted by molar-refractivity contribution is -0.119. The maximum Gasteiger partial charge on any atom is 0.342 e. The number of ether oxygens (including phenoxy) is 2. The number of anilines is 1. The minimum atomic E-state index is -0.601. The average Bonchev–Trinajstić information content (AvgIpc) is 2.75. The second kappa shape index (κ2) is 10.3. The van der Waals surface area contributed by atoms with Crippen LogP contribution in [0.3, 0.4) is 0 Å². The van der Waals surface area contributed by atoms with E-state index in [4.69, 9.17) is 9.47 Å². The standard InChI is InChI=1S/C23H21NO4S/c1-2-27-20-14-8-6-12-18(20)23(26)28-16-22(25)24-19-13-7-9-15-21(19)29-17-10-4-3-5-11-17/h3-15H,2,16H2,1H3,(H,24,25). The van der Waals surface area contributed by atoms with Crippen LogP contribution < -0.4 is 10.1 Å². The fraction of sp³-hybridized carbons (Fsp3) is 0.130. The summed E-state index contributed by atoms with van der Waals surface area (Å²) in [6.45, 7) is 1.88. The Morgan fingerprint density at radius 1 is 0.897 bits per heavy atom. The molecule has 0 fully saturated rings. The summed E-state index contributed by atoms with van der Waals surface area (Å²) in [7, 11) is 0. The molecule has 0 heterocycles. The lowest BCUT2D eigenvalue weighted by Gasteiger charge is -2.12. The molecule has 0 aliphatic heterocycles. The van der Waals surface area contributed by atoms with Gasteiger partial charge in [-0.25, -0.2) is 4.79 Å². The van der Waals surface area contributed by atoms with Crippen molar-refractivity contribution < 1.29 is 19.1 Å². The first-order valence-electron chi connectivity index (χ1n) is 9.18. The van der Waals surface area contributed by atoms with Crippen LogP contribution >= 0.6 is 11.8 Å². The Morgan fingerprint density at radius 3 is 2.38 bits per heavy atom. The van der Waals surface area contributed by atoms with E-state index in [1.165, 1.54) is 0 Å². The van der Waals surface area contributed by atoms with Crippen LogP contribution in [0.5, 0.6) is 5.75 Å². The highest BCUT2D eigenvalue weighted by molar-refractivity contribution is 7.99. The van der Waals surface area contributed by atoms with E-state index in [0.717, 1.165) is 9.79 Å². The summed E-state index contributed by atoms with van der Waals surface area (Å²) in [5, 5.41) is 2.81. The third-order valence-electron chi connectivity index (χ3n) is 3.87. The van der Waals surface area contributed by atoms with Crippen molar-refractivity contribution in [1.82, 2.24) is 0 Å². The van der Waals surface area contributed by atoms with Gasteiger partial charge in [0.05, 0.1) is 12.3 Å². The summed E-state index contributed by atoms with van der Waals surface area (Å²) in [5.41, 5.74) is 0.958. The van der Waals surface area contributed by atoms with Gasteiger partial charge in [0.1, 0.15) is 11.3 Å². The first-order valence-corrected chi connectivity index (χ1v) is 9.99. The number of para-hydroxylation sites is 2. The van der Waals surface area contributed by atoms with Crippen LogP contribution in [0.25, 0.3) is 0 Å². The molecule has 0 aliphatic rings. The Labute approximate surface area is 174 Å². The Kier molecular flexibility index (Phi) is 7.30. The van der Waals surface area contributed by atoms with E-state index >= 15 is 0 Å². The van der Waals surface area contributed by atoms with E-state index < -0.39 is 11.9 Å². The normalized spacial score (nSPS) is 10.2. The van der Waals surface area contributed by atoms with Gasteiger partial charge in [-0.15, -0.1) is 0 Å². The van der Waals surface area contributed by atoms with Crippen molar-refractivity contribution in [3.8, 4) is 5.75 Å². The van der Waals surface area contributed by atoms with Gasteiger partial charge in [-0.1, -0.05) is 54.2 Å². The molecular formula is C23H21NO4S. The van der Waals surface area contributed by atoms with Crippen LogP contribution in [0.2, 0.25) is 0 Å². The van der Waals surface area contributed by atoms with Crippen LogP contribution in [0, 0.1) is 0 Å². The van der Waals surface area contributed by atoms with Crippen LogP contribution in [-0.4, -0.2) is 25.1 Å². The molecule has 0 radical (unpaired) electrons. The molecule has 1 N–H and O–H groups in total. The lowest BCUT2D eigenvalue weighted by atomic mass is 10.2. The van der Waals surface area contributed by atoms with Gasteiger partial charge in [-0.05, 0) is 43.3 Å². The van der Waals surface area contributed by atoms with Crippen LogP contribution in [0.1, 0.15) is 17.3 Å². The molecule has 0 saturated heterocycles. The topological polar surface area (TPSA) is 64.6 Å². The number of benzene rings is 3. The zero-order valence-corrected chi connectivity index (χ0v) is 16.8. The van der Waals surface area contributed by atoms with E-state index in [1.54, 1.807) is 36.0 Å². The van der Waals surface area contributed by atoms with Gasteiger partial charge in [-0.3, -0.25) is 4.79 Å². The predicted octanol–water partition coefficient (Wildman–Crippen LogP) is 5.03. The number of amides is 1. The molecule has 0 aliphatic carbocycles. The molecule has 0 unspecified atom stereocenters. The van der Waals surface area contributed by atoms with E-state index in [0.29, 0.717) is 23.6 Å². The van der Waals surface area contributed by atoms with Crippen LogP contribution in [0.4, 0.5) is 5.69 Å². The first-order chi connectivity index (χ1) is 14.2. The highest BCUT2D eigenvalue weighted by Gasteiger charge is 2.16. The monoisotopic (exact) mass is 407 g/mol. The van der Waals surface area contributed by atoms with Gasteiger partial charge < -0.3 is 14.8 Å². The number of hydrogen-bond acceptors (Lipinski definition) is 5. The van der Waals surface area contributed by atoms with Crippen LogP contribution in [0.15, 0.2) is 88.7 Å². The molecule has 148 valence electrons. The fourth-order valence-corrected chi connectivity index (χ4v) is 3.51. The molecule has 0 saturated carbocycles. The Morgan fingerprint density at radius 2 is 1.59 bits per heavy atom. The zero-order valence-electron chi connectivity index (χ0n) is 16.0. The smallest absolute Gasteiger partial charge is 0.342 e. The second-order valence-corrected chi connectivity index (χ2v) is 7.08. The molecule has 3 aromatic carbocycles. The zero-order chi connectivity index (χ0) is 20.5. The van der Waals surface area contributed by atoms with Crippen molar-refractivity contribution in [2.45, 2.75) is 16.7 Å². The maximum atomic E-state index is 12.3. The SMILES string of the molecule is CCOc1ccccc1C(=O)OCC(=O)Nc1ccccc1Sc1ccccc1. The van der Waals surface area contributed by atoms with E-state index in [2.05, 4.69) is 5.32 Å². The highest BCUT2D eigenvalue weighted by Crippen LogP contribution is 2.33. The van der Waals surface area contributed by atoms with Crippen LogP contribution in [-0.2, 0) is 9.53 Å². The van der Waals surface area contributed by atoms with Crippen molar-refractivity contribution in [2.75, 3.05) is 18.5 Å². The molecule has 6 heteroatoms. The largest absolute Gasteiger partial charge is 0.493 e. The third-order valence-corrected chi connectivity index (χ3v) is 4.96. The first kappa shape index (κ1) is 20.5. The summed E-state index contributed by atoms with van der Waals surface area (Å²) >= 11 is 1.55. The second-order valence-electron chi connectivity index (χ2n) is 5.96. The fourth-order valence-electron chi connectivity index (χ4n) is 2.59. The quantitative estimate of drug-likeness (QED) is 0.531. The van der Waals surface area contributed by atoms with Gasteiger partial charge in [0.15, 0.2) is 6.61 Å². The molecule has 0 atom stereocenters. The molecule has 1 amide bonds. The van der Waals surface area contributed by atoms with Gasteiger partial charge >= 0.3 is 5.97 Å². The van der Waals surface area contributed by atoms with E-state index in [1.807, 2.05) is 61.5 Å². The third kappa shape index (κ3) is 5.86. The minimum Gasteiger partial charge on any atom is -0.493 e. The molecular weight excluding hydrogens is 386 g/mol. The van der Waals surface area contributed by atoms with Gasteiger partial charge in [-0.2, -0.15) is 0 Å². The van der Waals surface area contributed by atoms with Gasteiger partial charge in [0.25, 0.3) is 5.91 Å². The van der Waals surface area contributed by atoms with Crippen molar-refractivity contribution in [3.05, 3.63) is 84.4 Å². The Balaban J connectivity index is 1.61. The number of nitrogens with one attached hydrogen (secondary N) is 1. The molecule has 29 heavy (non-hydrogen) atoms. The molecule has 0 aromatic heterocycles. The number of carbonyl (C=O) groups is 2. The number of esters is 1. The van der Waals surface area contributed by atoms with E-state index in [-0.39, 0.29) is 6.61 Å². The highest BCUT2D eigenvalue weighted by atomic mass is 32.2. The summed E-state index contributed by atoms with van der Waals surface area (Å²) in [6.07, 6.45) is 0. The molecule has 3 aromatic rings. The summed E-state index contributed by atoms with van der Waals surface area (Å²) in [5.74, 6) is -0.575. The van der Waals surface area contributed by atoms with Crippen molar-refractivity contribution in [2.24, 2.45) is 0 Å². The van der Waals surface area contributed by atoms with Crippen molar-refractivity contribution in [1.29, 1.82) is 0 Å². The summed E-state index contributed by atoms with van der Waals surface area (Å²) < 4.78 is 10.6. The lowest BCUT2D eigenvalue weighted by Crippen LogP contribution is -2.21. The van der Waals surface area contributed by atoms with Gasteiger partial charge in [0.2, 0.25) is 0 Å².